The van der Waals surface area contributed by atoms with Crippen LogP contribution in [-0.2, 0) is 4.74 Å². The fraction of sp³-hybridized carbons (Fsp3) is 0.500. The van der Waals surface area contributed by atoms with Crippen molar-refractivity contribution < 1.29 is 39.9 Å². The summed E-state index contributed by atoms with van der Waals surface area (Å²) in [7, 11) is 0. The third-order valence-corrected chi connectivity index (χ3v) is 3.29. The molecular formula is C6H3CfF8O. The molecule has 0 bridgehead atoms. The predicted molar refractivity (Wildman–Crippen MR) is 33.3 cm³/mol. The second-order valence-electron chi connectivity index (χ2n) is 2.11. The third-order valence-electron chi connectivity index (χ3n) is 1.11. The minimum absolute atomic E-state index is 0.215. The van der Waals surface area contributed by atoms with Crippen LogP contribution in [0, 0.1) is 0 Å². The first-order chi connectivity index (χ1) is 6.98. The van der Waals surface area contributed by atoms with Gasteiger partial charge in [0.05, 0.1) is 0 Å². The molecule has 0 N–H and O–H groups in total. The van der Waals surface area contributed by atoms with Crippen molar-refractivity contribution in [3.8, 4) is 0 Å². The molecule has 0 fully saturated rings. The standard InChI is InChI=1S/C5H3F6O.CF2.Cf/c1-2-12-4(8,3(6)7)5(9,10)11;2-1-3;/h2H,1H2;;. The van der Waals surface area contributed by atoms with Crippen molar-refractivity contribution in [3.63, 3.8) is 0 Å². The van der Waals surface area contributed by atoms with E-state index < -0.39 is 25.4 Å². The average molecular weight is 494 g/mol. The molecule has 0 aromatic rings. The molecule has 0 spiro atoms. The van der Waals surface area contributed by atoms with Crippen LogP contribution in [0.5, 0.6) is 0 Å². The zero-order chi connectivity index (χ0) is 13.2. The monoisotopic (exact) mass is 492 g/mol. The zero-order valence-electron chi connectivity index (χ0n) is 7.03. The molecule has 0 rings (SSSR count). The van der Waals surface area contributed by atoms with Crippen molar-refractivity contribution >= 4 is 6.93 Å². The van der Waals surface area contributed by atoms with Crippen LogP contribution in [-0.4, -0.2) is 25.4 Å². The van der Waals surface area contributed by atoms with E-state index in [-0.39, 0.29) is 6.26 Å². The molecule has 0 heterocycles. The van der Waals surface area contributed by atoms with Crippen LogP contribution in [0.3, 0.4) is 0 Å². The fourth-order valence-corrected chi connectivity index (χ4v) is 2.10. The van der Waals surface area contributed by atoms with Crippen LogP contribution in [0.4, 0.5) is 35.1 Å². The van der Waals surface area contributed by atoms with E-state index >= 15 is 0 Å². The number of hydrogen-bond acceptors (Lipinski definition) is 1. The van der Waals surface area contributed by atoms with E-state index in [0.29, 0.717) is 0 Å². The maximum absolute atomic E-state index is 13.0. The summed E-state index contributed by atoms with van der Waals surface area (Å²) in [4.78, 5) is 0. The molecule has 99 valence electrons. The molecule has 0 aromatic heterocycles. The summed E-state index contributed by atoms with van der Waals surface area (Å²) < 4.78 is 96.4. The second kappa shape index (κ2) is 3.78. The Balaban J connectivity index is 5.52. The van der Waals surface area contributed by atoms with Crippen LogP contribution in [0.1, 0.15) is 0 Å². The summed E-state index contributed by atoms with van der Waals surface area (Å²) in [5.74, 6) is -5.47. The van der Waals surface area contributed by atoms with E-state index in [1.165, 1.54) is 0 Å². The summed E-state index contributed by atoms with van der Waals surface area (Å²) in [6.45, 7) is -0.426. The summed E-state index contributed by atoms with van der Waals surface area (Å²) in [5.41, 5.74) is 0. The molecule has 1 atom stereocenters. The van der Waals surface area contributed by atoms with Crippen molar-refractivity contribution in [1.29, 1.82) is 0 Å². The van der Waals surface area contributed by atoms with E-state index in [2.05, 4.69) is 11.3 Å². The first-order valence-electron chi connectivity index (χ1n) is 3.18. The van der Waals surface area contributed by atoms with Gasteiger partial charge in [0.1, 0.15) is 0 Å². The fourth-order valence-electron chi connectivity index (χ4n) is 0.523. The molecule has 16 heavy (non-hydrogen) atoms. The Labute approximate surface area is 79.3 Å². The van der Waals surface area contributed by atoms with Crippen molar-refractivity contribution in [2.45, 2.75) is 18.5 Å². The van der Waals surface area contributed by atoms with Gasteiger partial charge in [0, 0.05) is 0 Å². The topological polar surface area (TPSA) is 9.23 Å². The molecule has 1 nitrogen and oxygen atoms in total. The summed E-state index contributed by atoms with van der Waals surface area (Å²) in [6.07, 6.45) is -11.7. The molecule has 10 heteroatoms. The second-order valence-corrected chi connectivity index (χ2v) is 5.41. The number of alkyl halides is 6. The normalized spacial score (nSPS) is 16.0. The average Bonchev–Trinajstić information content (AvgIpc) is 1.99. The van der Waals surface area contributed by atoms with Crippen LogP contribution in [0.25, 0.3) is 0 Å². The van der Waals surface area contributed by atoms with Gasteiger partial charge >= 0.3 is 78.1 Å². The van der Waals surface area contributed by atoms with Gasteiger partial charge in [-0.25, -0.2) is 0 Å². The van der Waals surface area contributed by atoms with Gasteiger partial charge in [-0.15, -0.1) is 0 Å². The first-order valence-corrected chi connectivity index (χ1v) is 5.81. The number of ether oxygens (including phenoxy) is 1. The van der Waals surface area contributed by atoms with Gasteiger partial charge in [-0.3, -0.25) is 0 Å². The molecule has 0 aliphatic rings. The molecule has 0 radical (unpaired) electrons. The Morgan fingerprint density at radius 2 is 1.50 bits per heavy atom. The molecule has 1 unspecified atom stereocenters. The van der Waals surface area contributed by atoms with Gasteiger partial charge in [-0.05, 0) is 0 Å². The first kappa shape index (κ1) is 13.8. The van der Waals surface area contributed by atoms with Crippen LogP contribution in [0.15, 0.2) is 12.8 Å². The molecule has 0 saturated carbocycles. The van der Waals surface area contributed by atoms with Gasteiger partial charge in [0.25, 0.3) is 0 Å². The summed E-state index contributed by atoms with van der Waals surface area (Å²) in [6, 6.07) is 0. The molecular weight excluding hydrogens is 491 g/mol. The van der Waals surface area contributed by atoms with Crippen molar-refractivity contribution in [2.24, 2.45) is 0 Å². The predicted octanol–water partition coefficient (Wildman–Crippen LogP) is 3.08. The summed E-state index contributed by atoms with van der Waals surface area (Å²) >= 11 is 0. The van der Waals surface area contributed by atoms with Crippen molar-refractivity contribution in [3.05, 3.63) is 12.8 Å². The van der Waals surface area contributed by atoms with E-state index in [4.69, 9.17) is 0 Å². The Bertz CT molecular complexity index is 293. The Kier molecular flexibility index (Phi) is 3.27. The van der Waals surface area contributed by atoms with Gasteiger partial charge < -0.3 is 0 Å². The SMILES string of the molecule is C=COC(F)(C(F)(F)F)[C](F)(F)[Cf]=[C](F)F. The zero-order valence-corrected chi connectivity index (χ0v) is 9.67. The van der Waals surface area contributed by atoms with Gasteiger partial charge in [-0.1, -0.05) is 0 Å². The van der Waals surface area contributed by atoms with Gasteiger partial charge in [0.15, 0.2) is 0 Å². The van der Waals surface area contributed by atoms with Gasteiger partial charge in [0.2, 0.25) is 0 Å². The van der Waals surface area contributed by atoms with Crippen molar-refractivity contribution in [2.75, 3.05) is 0 Å². The molecule has 0 aromatic carbocycles. The Morgan fingerprint density at radius 3 is 1.75 bits per heavy atom. The minimum atomic E-state index is -6.14. The Morgan fingerprint density at radius 1 is 1.06 bits per heavy atom. The number of hydrogen-bond donors (Lipinski definition) is 0. The molecule has 0 aliphatic carbocycles. The van der Waals surface area contributed by atoms with E-state index in [1.54, 1.807) is 0 Å². The van der Waals surface area contributed by atoms with Crippen LogP contribution in [0.2, 0.25) is 0 Å². The van der Waals surface area contributed by atoms with Crippen LogP contribution < -0.4 is 0 Å². The third kappa shape index (κ3) is 2.26. The molecule has 0 saturated heterocycles. The molecule has 0 aliphatic heterocycles. The van der Waals surface area contributed by atoms with Crippen molar-refractivity contribution in [1.82, 2.24) is 0 Å². The van der Waals surface area contributed by atoms with E-state index in [9.17, 15) is 35.1 Å². The maximum atomic E-state index is 13.0. The van der Waals surface area contributed by atoms with Crippen LogP contribution >= 0.6 is 0 Å². The Hall–Kier alpha value is -2.15. The summed E-state index contributed by atoms with van der Waals surface area (Å²) in [5, 5.41) is 0. The number of halogens is 8. The molecule has 0 amide bonds. The van der Waals surface area contributed by atoms with Gasteiger partial charge in [-0.2, -0.15) is 0 Å². The van der Waals surface area contributed by atoms with E-state index in [1.807, 2.05) is 0 Å². The quantitative estimate of drug-likeness (QED) is 0.432. The number of rotatable bonds is 4. The van der Waals surface area contributed by atoms with E-state index in [0.717, 1.165) is 0 Å².